The summed E-state index contributed by atoms with van der Waals surface area (Å²) in [6, 6.07) is -0.0999. The second kappa shape index (κ2) is 6.26. The quantitative estimate of drug-likeness (QED) is 0.821. The van der Waals surface area contributed by atoms with Gasteiger partial charge in [-0.2, -0.15) is 0 Å². The first-order valence-electron chi connectivity index (χ1n) is 7.33. The van der Waals surface area contributed by atoms with E-state index in [9.17, 15) is 9.59 Å². The molecule has 2 amide bonds. The minimum atomic E-state index is -0.869. The monoisotopic (exact) mass is 268 g/mol. The SMILES string of the molecule is CC(CNC(=O)N1CCC2CCCCC2C1)C(=O)O. The zero-order chi connectivity index (χ0) is 13.8. The van der Waals surface area contributed by atoms with Crippen molar-refractivity contribution in [3.63, 3.8) is 0 Å². The molecule has 0 radical (unpaired) electrons. The van der Waals surface area contributed by atoms with Crippen molar-refractivity contribution < 1.29 is 14.7 Å². The van der Waals surface area contributed by atoms with Crippen molar-refractivity contribution >= 4 is 12.0 Å². The molecule has 2 rings (SSSR count). The van der Waals surface area contributed by atoms with Crippen LogP contribution in [0.25, 0.3) is 0 Å². The summed E-state index contributed by atoms with van der Waals surface area (Å²) >= 11 is 0. The number of hydrogen-bond acceptors (Lipinski definition) is 2. The van der Waals surface area contributed by atoms with E-state index in [0.717, 1.165) is 25.4 Å². The molecule has 2 aliphatic rings. The average molecular weight is 268 g/mol. The topological polar surface area (TPSA) is 69.6 Å². The van der Waals surface area contributed by atoms with Gasteiger partial charge in [-0.05, 0) is 24.7 Å². The molecule has 0 aromatic rings. The number of rotatable bonds is 3. The van der Waals surface area contributed by atoms with E-state index in [1.165, 1.54) is 25.7 Å². The summed E-state index contributed by atoms with van der Waals surface area (Å²) in [5, 5.41) is 11.5. The lowest BCUT2D eigenvalue weighted by Crippen LogP contribution is -2.49. The van der Waals surface area contributed by atoms with Crippen molar-refractivity contribution in [1.82, 2.24) is 10.2 Å². The number of carbonyl (C=O) groups is 2. The maximum atomic E-state index is 12.0. The van der Waals surface area contributed by atoms with Crippen LogP contribution < -0.4 is 5.32 Å². The minimum Gasteiger partial charge on any atom is -0.481 e. The number of piperidine rings is 1. The summed E-state index contributed by atoms with van der Waals surface area (Å²) < 4.78 is 0. The van der Waals surface area contributed by atoms with Crippen LogP contribution in [0.5, 0.6) is 0 Å². The predicted molar refractivity (Wildman–Crippen MR) is 71.8 cm³/mol. The van der Waals surface area contributed by atoms with Crippen LogP contribution in [-0.4, -0.2) is 41.6 Å². The van der Waals surface area contributed by atoms with Crippen molar-refractivity contribution in [2.75, 3.05) is 19.6 Å². The van der Waals surface area contributed by atoms with Gasteiger partial charge in [0.2, 0.25) is 0 Å². The molecule has 2 fully saturated rings. The Bertz CT molecular complexity index is 346. The number of nitrogens with zero attached hydrogens (tertiary/aromatic N) is 1. The zero-order valence-electron chi connectivity index (χ0n) is 11.6. The molecule has 19 heavy (non-hydrogen) atoms. The van der Waals surface area contributed by atoms with Crippen LogP contribution in [0.3, 0.4) is 0 Å². The highest BCUT2D eigenvalue weighted by Crippen LogP contribution is 2.35. The van der Waals surface area contributed by atoms with E-state index in [4.69, 9.17) is 5.11 Å². The highest BCUT2D eigenvalue weighted by Gasteiger charge is 2.32. The molecule has 5 heteroatoms. The molecule has 0 aromatic heterocycles. The van der Waals surface area contributed by atoms with Gasteiger partial charge in [-0.3, -0.25) is 4.79 Å². The molecule has 1 aliphatic heterocycles. The summed E-state index contributed by atoms with van der Waals surface area (Å²) in [7, 11) is 0. The number of urea groups is 1. The number of aliphatic carboxylic acids is 1. The fraction of sp³-hybridized carbons (Fsp3) is 0.857. The first-order chi connectivity index (χ1) is 9.08. The molecule has 108 valence electrons. The predicted octanol–water partition coefficient (Wildman–Crippen LogP) is 1.93. The average Bonchev–Trinajstić information content (AvgIpc) is 2.43. The van der Waals surface area contributed by atoms with Crippen molar-refractivity contribution in [2.45, 2.75) is 39.0 Å². The first kappa shape index (κ1) is 14.2. The van der Waals surface area contributed by atoms with Crippen LogP contribution >= 0.6 is 0 Å². The van der Waals surface area contributed by atoms with E-state index in [0.29, 0.717) is 5.92 Å². The molecule has 1 saturated carbocycles. The molecular weight excluding hydrogens is 244 g/mol. The van der Waals surface area contributed by atoms with Gasteiger partial charge in [0.15, 0.2) is 0 Å². The Morgan fingerprint density at radius 1 is 1.26 bits per heavy atom. The second-order valence-corrected chi connectivity index (χ2v) is 5.96. The van der Waals surface area contributed by atoms with Crippen LogP contribution in [0.15, 0.2) is 0 Å². The van der Waals surface area contributed by atoms with E-state index >= 15 is 0 Å². The standard InChI is InChI=1S/C14H24N2O3/c1-10(13(17)18)8-15-14(19)16-7-6-11-4-2-3-5-12(11)9-16/h10-12H,2-9H2,1H3,(H,15,19)(H,17,18). The van der Waals surface area contributed by atoms with Crippen LogP contribution in [0.2, 0.25) is 0 Å². The van der Waals surface area contributed by atoms with Gasteiger partial charge in [-0.1, -0.05) is 26.2 Å². The van der Waals surface area contributed by atoms with E-state index in [1.54, 1.807) is 6.92 Å². The van der Waals surface area contributed by atoms with Crippen LogP contribution in [0.4, 0.5) is 4.79 Å². The summed E-state index contributed by atoms with van der Waals surface area (Å²) in [6.07, 6.45) is 6.28. The Hall–Kier alpha value is -1.26. The van der Waals surface area contributed by atoms with Gasteiger partial charge >= 0.3 is 12.0 Å². The Morgan fingerprint density at radius 3 is 2.63 bits per heavy atom. The number of amides is 2. The molecule has 1 saturated heterocycles. The van der Waals surface area contributed by atoms with Crippen LogP contribution in [-0.2, 0) is 4.79 Å². The summed E-state index contributed by atoms with van der Waals surface area (Å²) in [6.45, 7) is 3.47. The molecule has 2 N–H and O–H groups in total. The van der Waals surface area contributed by atoms with Crippen molar-refractivity contribution in [1.29, 1.82) is 0 Å². The zero-order valence-corrected chi connectivity index (χ0v) is 11.6. The van der Waals surface area contributed by atoms with Crippen molar-refractivity contribution in [3.05, 3.63) is 0 Å². The second-order valence-electron chi connectivity index (χ2n) is 5.96. The maximum Gasteiger partial charge on any atom is 0.317 e. The highest BCUT2D eigenvalue weighted by molar-refractivity contribution is 5.76. The number of fused-ring (bicyclic) bond motifs is 1. The summed E-state index contributed by atoms with van der Waals surface area (Å²) in [4.78, 5) is 24.6. The molecular formula is C14H24N2O3. The van der Waals surface area contributed by atoms with Crippen molar-refractivity contribution in [3.8, 4) is 0 Å². The number of likely N-dealkylation sites (tertiary alicyclic amines) is 1. The van der Waals surface area contributed by atoms with Gasteiger partial charge in [0.1, 0.15) is 0 Å². The normalized spacial score (nSPS) is 28.4. The Kier molecular flexibility index (Phi) is 4.66. The lowest BCUT2D eigenvalue weighted by molar-refractivity contribution is -0.140. The first-order valence-corrected chi connectivity index (χ1v) is 7.33. The van der Waals surface area contributed by atoms with E-state index < -0.39 is 11.9 Å². The molecule has 0 bridgehead atoms. The minimum absolute atomic E-state index is 0.0999. The fourth-order valence-electron chi connectivity index (χ4n) is 3.22. The molecule has 5 nitrogen and oxygen atoms in total. The van der Waals surface area contributed by atoms with Gasteiger partial charge in [0.25, 0.3) is 0 Å². The van der Waals surface area contributed by atoms with E-state index in [1.807, 2.05) is 4.90 Å². The molecule has 3 atom stereocenters. The van der Waals surface area contributed by atoms with E-state index in [2.05, 4.69) is 5.32 Å². The van der Waals surface area contributed by atoms with Crippen LogP contribution in [0.1, 0.15) is 39.0 Å². The third kappa shape index (κ3) is 3.61. The molecule has 1 aliphatic carbocycles. The lowest BCUT2D eigenvalue weighted by Gasteiger charge is -2.41. The summed E-state index contributed by atoms with van der Waals surface area (Å²) in [5.74, 6) is 0.0587. The lowest BCUT2D eigenvalue weighted by atomic mass is 9.75. The highest BCUT2D eigenvalue weighted by atomic mass is 16.4. The number of carboxylic acids is 1. The number of carboxylic acid groups (broad SMARTS) is 1. The van der Waals surface area contributed by atoms with E-state index in [-0.39, 0.29) is 12.6 Å². The van der Waals surface area contributed by atoms with Crippen LogP contribution in [0, 0.1) is 17.8 Å². The third-order valence-corrected chi connectivity index (χ3v) is 4.56. The van der Waals surface area contributed by atoms with Gasteiger partial charge in [0.05, 0.1) is 5.92 Å². The van der Waals surface area contributed by atoms with Gasteiger partial charge in [-0.25, -0.2) is 4.79 Å². The molecule has 3 unspecified atom stereocenters. The largest absolute Gasteiger partial charge is 0.481 e. The smallest absolute Gasteiger partial charge is 0.317 e. The Morgan fingerprint density at radius 2 is 1.95 bits per heavy atom. The fourth-order valence-corrected chi connectivity index (χ4v) is 3.22. The Balaban J connectivity index is 1.78. The molecule has 1 heterocycles. The van der Waals surface area contributed by atoms with Crippen molar-refractivity contribution in [2.24, 2.45) is 17.8 Å². The number of hydrogen-bond donors (Lipinski definition) is 2. The Labute approximate surface area is 114 Å². The third-order valence-electron chi connectivity index (χ3n) is 4.56. The molecule has 0 spiro atoms. The van der Waals surface area contributed by atoms with Gasteiger partial charge in [-0.15, -0.1) is 0 Å². The van der Waals surface area contributed by atoms with Gasteiger partial charge in [0, 0.05) is 19.6 Å². The van der Waals surface area contributed by atoms with Gasteiger partial charge < -0.3 is 15.3 Å². The number of nitrogens with one attached hydrogen (secondary N) is 1. The summed E-state index contributed by atoms with van der Waals surface area (Å²) in [5.41, 5.74) is 0. The molecule has 0 aromatic carbocycles. The maximum absolute atomic E-state index is 12.0. The number of carbonyl (C=O) groups excluding carboxylic acids is 1.